The van der Waals surface area contributed by atoms with Crippen LogP contribution >= 0.6 is 15.9 Å². The van der Waals surface area contributed by atoms with Crippen molar-refractivity contribution in [2.75, 3.05) is 10.5 Å². The van der Waals surface area contributed by atoms with Crippen LogP contribution in [0.15, 0.2) is 51.8 Å². The van der Waals surface area contributed by atoms with Crippen molar-refractivity contribution in [3.63, 3.8) is 0 Å². The van der Waals surface area contributed by atoms with Gasteiger partial charge in [-0.25, -0.2) is 8.42 Å². The Hall–Kier alpha value is -1.53. The van der Waals surface area contributed by atoms with E-state index in [2.05, 4.69) is 34.5 Å². The predicted molar refractivity (Wildman–Crippen MR) is 89.9 cm³/mol. The maximum Gasteiger partial charge on any atom is 0.263 e. The van der Waals surface area contributed by atoms with Crippen molar-refractivity contribution in [2.45, 2.75) is 24.7 Å². The minimum Gasteiger partial charge on any atom is -0.399 e. The van der Waals surface area contributed by atoms with Gasteiger partial charge in [0, 0.05) is 15.8 Å². The molecule has 0 radical (unpaired) electrons. The largest absolute Gasteiger partial charge is 0.399 e. The first kappa shape index (κ1) is 15.9. The lowest BCUT2D eigenvalue weighted by atomic mass is 10.0. The average molecular weight is 369 g/mol. The van der Waals surface area contributed by atoms with Gasteiger partial charge in [-0.2, -0.15) is 0 Å². The third kappa shape index (κ3) is 3.77. The third-order valence-corrected chi connectivity index (χ3v) is 5.41. The van der Waals surface area contributed by atoms with Crippen molar-refractivity contribution in [2.24, 2.45) is 0 Å². The van der Waals surface area contributed by atoms with Crippen LogP contribution in [-0.4, -0.2) is 8.42 Å². The minimum atomic E-state index is -3.66. The molecule has 0 heterocycles. The van der Waals surface area contributed by atoms with Crippen molar-refractivity contribution < 1.29 is 8.42 Å². The first-order chi connectivity index (χ1) is 9.79. The van der Waals surface area contributed by atoms with Gasteiger partial charge in [-0.3, -0.25) is 4.72 Å². The van der Waals surface area contributed by atoms with E-state index < -0.39 is 10.0 Å². The van der Waals surface area contributed by atoms with E-state index in [0.29, 0.717) is 21.8 Å². The molecule has 112 valence electrons. The zero-order valence-electron chi connectivity index (χ0n) is 11.8. The number of sulfonamides is 1. The van der Waals surface area contributed by atoms with Crippen LogP contribution in [0.2, 0.25) is 0 Å². The SMILES string of the molecule is CC(C)c1cccc(NS(=O)(=O)c2ccc(N)cc2Br)c1. The van der Waals surface area contributed by atoms with E-state index in [-0.39, 0.29) is 4.90 Å². The van der Waals surface area contributed by atoms with Gasteiger partial charge in [-0.15, -0.1) is 0 Å². The number of anilines is 2. The first-order valence-corrected chi connectivity index (χ1v) is 8.75. The fourth-order valence-electron chi connectivity index (χ4n) is 1.91. The van der Waals surface area contributed by atoms with Crippen LogP contribution in [0.3, 0.4) is 0 Å². The molecule has 4 nitrogen and oxygen atoms in total. The summed E-state index contributed by atoms with van der Waals surface area (Å²) in [6.45, 7) is 4.12. The topological polar surface area (TPSA) is 72.2 Å². The Bertz CT molecular complexity index is 758. The molecule has 0 saturated carbocycles. The van der Waals surface area contributed by atoms with Gasteiger partial charge in [0.1, 0.15) is 4.90 Å². The summed E-state index contributed by atoms with van der Waals surface area (Å²) in [5.41, 5.74) is 7.76. The van der Waals surface area contributed by atoms with Gasteiger partial charge in [0.2, 0.25) is 0 Å². The summed E-state index contributed by atoms with van der Waals surface area (Å²) in [5.74, 6) is 0.331. The first-order valence-electron chi connectivity index (χ1n) is 6.47. The maximum atomic E-state index is 12.4. The van der Waals surface area contributed by atoms with Crippen LogP contribution in [0.1, 0.15) is 25.3 Å². The number of hydrogen-bond acceptors (Lipinski definition) is 3. The number of nitrogens with two attached hydrogens (primary N) is 1. The molecule has 21 heavy (non-hydrogen) atoms. The molecule has 0 atom stereocenters. The second-order valence-electron chi connectivity index (χ2n) is 5.08. The summed E-state index contributed by atoms with van der Waals surface area (Å²) < 4.78 is 27.9. The van der Waals surface area contributed by atoms with Crippen LogP contribution in [0.5, 0.6) is 0 Å². The molecule has 0 fully saturated rings. The molecule has 0 aliphatic rings. The van der Waals surface area contributed by atoms with Crippen LogP contribution in [0.25, 0.3) is 0 Å². The summed E-state index contributed by atoms with van der Waals surface area (Å²) in [5, 5.41) is 0. The zero-order chi connectivity index (χ0) is 15.6. The average Bonchev–Trinajstić information content (AvgIpc) is 2.37. The highest BCUT2D eigenvalue weighted by Crippen LogP contribution is 2.27. The van der Waals surface area contributed by atoms with Crippen LogP contribution in [-0.2, 0) is 10.0 Å². The molecule has 0 amide bonds. The summed E-state index contributed by atoms with van der Waals surface area (Å²) in [6, 6.07) is 12.0. The van der Waals surface area contributed by atoms with Gasteiger partial charge < -0.3 is 5.73 Å². The Balaban J connectivity index is 2.35. The van der Waals surface area contributed by atoms with E-state index in [1.165, 1.54) is 6.07 Å². The number of benzene rings is 2. The van der Waals surface area contributed by atoms with Crippen molar-refractivity contribution in [1.29, 1.82) is 0 Å². The summed E-state index contributed by atoms with van der Waals surface area (Å²) in [7, 11) is -3.66. The van der Waals surface area contributed by atoms with Gasteiger partial charge in [-0.05, 0) is 57.7 Å². The lowest BCUT2D eigenvalue weighted by Gasteiger charge is -2.12. The van der Waals surface area contributed by atoms with Gasteiger partial charge in [0.05, 0.1) is 0 Å². The van der Waals surface area contributed by atoms with Crippen LogP contribution in [0, 0.1) is 0 Å². The fourth-order valence-corrected chi connectivity index (χ4v) is 4.05. The summed E-state index contributed by atoms with van der Waals surface area (Å²) in [6.07, 6.45) is 0. The standard InChI is InChI=1S/C15H17BrN2O2S/c1-10(2)11-4-3-5-13(8-11)18-21(19,20)15-7-6-12(17)9-14(15)16/h3-10,18H,17H2,1-2H3. The van der Waals surface area contributed by atoms with Crippen LogP contribution < -0.4 is 10.5 Å². The molecule has 2 aromatic rings. The molecular formula is C15H17BrN2O2S. The molecule has 0 aliphatic carbocycles. The Morgan fingerprint density at radius 2 is 1.86 bits per heavy atom. The van der Waals surface area contributed by atoms with E-state index in [4.69, 9.17) is 5.73 Å². The number of rotatable bonds is 4. The molecule has 0 aliphatic heterocycles. The Labute approximate surface area is 133 Å². The van der Waals surface area contributed by atoms with E-state index in [1.807, 2.05) is 18.2 Å². The van der Waals surface area contributed by atoms with E-state index in [0.717, 1.165) is 5.56 Å². The van der Waals surface area contributed by atoms with Gasteiger partial charge >= 0.3 is 0 Å². The maximum absolute atomic E-state index is 12.4. The highest BCUT2D eigenvalue weighted by atomic mass is 79.9. The summed E-state index contributed by atoms with van der Waals surface area (Å²) >= 11 is 3.23. The second-order valence-corrected chi connectivity index (χ2v) is 7.58. The van der Waals surface area contributed by atoms with Gasteiger partial charge in [0.15, 0.2) is 0 Å². The molecule has 0 spiro atoms. The smallest absolute Gasteiger partial charge is 0.263 e. The van der Waals surface area contributed by atoms with E-state index in [9.17, 15) is 8.42 Å². The highest BCUT2D eigenvalue weighted by Gasteiger charge is 2.18. The summed E-state index contributed by atoms with van der Waals surface area (Å²) in [4.78, 5) is 0.159. The normalized spacial score (nSPS) is 11.6. The third-order valence-electron chi connectivity index (χ3n) is 3.05. The van der Waals surface area contributed by atoms with Crippen molar-refractivity contribution in [1.82, 2.24) is 0 Å². The van der Waals surface area contributed by atoms with E-state index >= 15 is 0 Å². The molecule has 3 N–H and O–H groups in total. The quantitative estimate of drug-likeness (QED) is 0.802. The molecule has 0 unspecified atom stereocenters. The van der Waals surface area contributed by atoms with Crippen molar-refractivity contribution >= 4 is 37.3 Å². The molecular weight excluding hydrogens is 352 g/mol. The van der Waals surface area contributed by atoms with E-state index in [1.54, 1.807) is 18.2 Å². The fraction of sp³-hybridized carbons (Fsp3) is 0.200. The molecule has 0 aromatic heterocycles. The lowest BCUT2D eigenvalue weighted by molar-refractivity contribution is 0.601. The van der Waals surface area contributed by atoms with Crippen molar-refractivity contribution in [3.05, 3.63) is 52.5 Å². The Kier molecular flexibility index (Phi) is 4.58. The van der Waals surface area contributed by atoms with Crippen LogP contribution in [0.4, 0.5) is 11.4 Å². The van der Waals surface area contributed by atoms with Gasteiger partial charge in [-0.1, -0.05) is 26.0 Å². The molecule has 6 heteroatoms. The minimum absolute atomic E-state index is 0.159. The molecule has 2 aromatic carbocycles. The van der Waals surface area contributed by atoms with Crippen molar-refractivity contribution in [3.8, 4) is 0 Å². The monoisotopic (exact) mass is 368 g/mol. The van der Waals surface area contributed by atoms with Gasteiger partial charge in [0.25, 0.3) is 10.0 Å². The predicted octanol–water partition coefficient (Wildman–Crippen LogP) is 3.96. The lowest BCUT2D eigenvalue weighted by Crippen LogP contribution is -2.14. The second kappa shape index (κ2) is 6.07. The molecule has 0 bridgehead atoms. The highest BCUT2D eigenvalue weighted by molar-refractivity contribution is 9.10. The molecule has 0 saturated heterocycles. The number of halogens is 1. The Morgan fingerprint density at radius 3 is 2.48 bits per heavy atom. The Morgan fingerprint density at radius 1 is 1.14 bits per heavy atom. The number of nitrogen functional groups attached to an aromatic ring is 1. The number of hydrogen-bond donors (Lipinski definition) is 2. The zero-order valence-corrected chi connectivity index (χ0v) is 14.2. The molecule has 2 rings (SSSR count). The number of nitrogens with one attached hydrogen (secondary N) is 1.